The first-order valence-corrected chi connectivity index (χ1v) is 9.52. The van der Waals surface area contributed by atoms with Crippen molar-refractivity contribution < 1.29 is 0 Å². The van der Waals surface area contributed by atoms with E-state index in [-0.39, 0.29) is 0 Å². The predicted octanol–water partition coefficient (Wildman–Crippen LogP) is 3.39. The van der Waals surface area contributed by atoms with Crippen LogP contribution in [0, 0.1) is 0 Å². The smallest absolute Gasteiger partial charge is 0.139 e. The van der Waals surface area contributed by atoms with Gasteiger partial charge in [-0.05, 0) is 17.2 Å². The number of nitrogen functional groups attached to an aromatic ring is 1. The lowest BCUT2D eigenvalue weighted by molar-refractivity contribution is 0.768. The number of aromatic nitrogens is 6. The molecule has 0 unspecified atom stereocenters. The Balaban J connectivity index is 1.32. The van der Waals surface area contributed by atoms with Gasteiger partial charge in [-0.2, -0.15) is 5.10 Å². The van der Waals surface area contributed by atoms with Crippen LogP contribution in [0.15, 0.2) is 73.6 Å². The van der Waals surface area contributed by atoms with E-state index >= 15 is 0 Å². The molecule has 0 atom stereocenters. The van der Waals surface area contributed by atoms with Gasteiger partial charge in [-0.25, -0.2) is 15.0 Å². The van der Waals surface area contributed by atoms with Crippen molar-refractivity contribution >= 4 is 17.2 Å². The molecule has 4 heterocycles. The number of rotatable bonds is 5. The summed E-state index contributed by atoms with van der Waals surface area (Å²) in [5, 5.41) is 7.59. The molecule has 8 nitrogen and oxygen atoms in total. The summed E-state index contributed by atoms with van der Waals surface area (Å²) < 4.78 is 3.76. The maximum atomic E-state index is 5.84. The van der Waals surface area contributed by atoms with Gasteiger partial charge in [-0.1, -0.05) is 24.3 Å². The average molecular weight is 396 g/mol. The second-order valence-corrected chi connectivity index (χ2v) is 7.07. The third-order valence-corrected chi connectivity index (χ3v) is 4.93. The summed E-state index contributed by atoms with van der Waals surface area (Å²) in [7, 11) is 1.92. The molecule has 0 aliphatic rings. The van der Waals surface area contributed by atoms with E-state index in [4.69, 9.17) is 5.73 Å². The van der Waals surface area contributed by atoms with Gasteiger partial charge in [0, 0.05) is 49.4 Å². The molecule has 30 heavy (non-hydrogen) atoms. The van der Waals surface area contributed by atoms with Gasteiger partial charge in [0.2, 0.25) is 0 Å². The first kappa shape index (κ1) is 17.9. The van der Waals surface area contributed by atoms with E-state index in [1.54, 1.807) is 17.2 Å². The van der Waals surface area contributed by atoms with Crippen molar-refractivity contribution in [2.24, 2.45) is 7.05 Å². The van der Waals surface area contributed by atoms with Crippen molar-refractivity contribution in [2.45, 2.75) is 6.54 Å². The van der Waals surface area contributed by atoms with Crippen molar-refractivity contribution in [3.05, 3.63) is 79.1 Å². The maximum absolute atomic E-state index is 5.84. The molecule has 0 aliphatic carbocycles. The number of nitrogens with two attached hydrogens (primary N) is 1. The Kier molecular flexibility index (Phi) is 4.36. The van der Waals surface area contributed by atoms with E-state index in [0.29, 0.717) is 12.2 Å². The zero-order valence-electron chi connectivity index (χ0n) is 16.4. The summed E-state index contributed by atoms with van der Waals surface area (Å²) in [4.78, 5) is 13.2. The molecule has 5 rings (SSSR count). The van der Waals surface area contributed by atoms with Crippen molar-refractivity contribution in [1.29, 1.82) is 0 Å². The first-order valence-electron chi connectivity index (χ1n) is 9.52. The topological polar surface area (TPSA) is 99.0 Å². The Morgan fingerprint density at radius 3 is 2.63 bits per heavy atom. The molecule has 1 aromatic carbocycles. The SMILES string of the molecule is Cn1cc(-c2ccc(CNc3cc(-c4cnc5cc(N)ccn45)ncn3)cc2)cn1. The molecule has 0 spiro atoms. The van der Waals surface area contributed by atoms with E-state index in [0.717, 1.165) is 39.5 Å². The van der Waals surface area contributed by atoms with Crippen LogP contribution in [0.25, 0.3) is 28.2 Å². The predicted molar refractivity (Wildman–Crippen MR) is 117 cm³/mol. The van der Waals surface area contributed by atoms with Crippen LogP contribution in [0.3, 0.4) is 0 Å². The van der Waals surface area contributed by atoms with Gasteiger partial charge < -0.3 is 11.1 Å². The van der Waals surface area contributed by atoms with Crippen LogP contribution in [0.4, 0.5) is 11.5 Å². The Morgan fingerprint density at radius 1 is 0.967 bits per heavy atom. The van der Waals surface area contributed by atoms with Crippen LogP contribution in [0.5, 0.6) is 0 Å². The number of imidazole rings is 1. The monoisotopic (exact) mass is 396 g/mol. The standard InChI is InChI=1S/C22H20N8/c1-29-13-17(11-28-29)16-4-2-15(3-5-16)10-24-21-9-19(26-14-27-21)20-12-25-22-8-18(23)6-7-30(20)22/h2-9,11-14H,10,23H2,1H3,(H,24,26,27). The second kappa shape index (κ2) is 7.32. The number of nitrogens with zero attached hydrogens (tertiary/aromatic N) is 6. The fourth-order valence-electron chi connectivity index (χ4n) is 3.36. The second-order valence-electron chi connectivity index (χ2n) is 7.07. The van der Waals surface area contributed by atoms with Crippen LogP contribution in [-0.4, -0.2) is 29.1 Å². The third kappa shape index (κ3) is 3.46. The highest BCUT2D eigenvalue weighted by Gasteiger charge is 2.09. The van der Waals surface area contributed by atoms with Gasteiger partial charge in [0.25, 0.3) is 0 Å². The summed E-state index contributed by atoms with van der Waals surface area (Å²) in [6.45, 7) is 0.660. The van der Waals surface area contributed by atoms with Crippen molar-refractivity contribution in [3.8, 4) is 22.5 Å². The largest absolute Gasteiger partial charge is 0.399 e. The Labute approximate surface area is 173 Å². The van der Waals surface area contributed by atoms with E-state index in [1.165, 1.54) is 0 Å². The molecule has 0 fully saturated rings. The van der Waals surface area contributed by atoms with Crippen molar-refractivity contribution in [3.63, 3.8) is 0 Å². The first-order chi connectivity index (χ1) is 14.7. The summed E-state index contributed by atoms with van der Waals surface area (Å²) in [6.07, 6.45) is 9.11. The Bertz CT molecular complexity index is 1320. The Hall–Kier alpha value is -4.20. The van der Waals surface area contributed by atoms with Gasteiger partial charge >= 0.3 is 0 Å². The summed E-state index contributed by atoms with van der Waals surface area (Å²) >= 11 is 0. The highest BCUT2D eigenvalue weighted by Crippen LogP contribution is 2.22. The van der Waals surface area contributed by atoms with Crippen LogP contribution in [0.1, 0.15) is 5.56 Å². The van der Waals surface area contributed by atoms with Crippen molar-refractivity contribution in [2.75, 3.05) is 11.1 Å². The quantitative estimate of drug-likeness (QED) is 0.472. The minimum absolute atomic E-state index is 0.660. The van der Waals surface area contributed by atoms with Gasteiger partial charge in [0.1, 0.15) is 17.8 Å². The minimum Gasteiger partial charge on any atom is -0.399 e. The van der Waals surface area contributed by atoms with Crippen LogP contribution in [-0.2, 0) is 13.6 Å². The molecular formula is C22H20N8. The number of pyridine rings is 1. The van der Waals surface area contributed by atoms with Gasteiger partial charge in [0.15, 0.2) is 0 Å². The lowest BCUT2D eigenvalue weighted by Gasteiger charge is -2.08. The van der Waals surface area contributed by atoms with E-state index in [2.05, 4.69) is 49.6 Å². The van der Waals surface area contributed by atoms with Crippen LogP contribution >= 0.6 is 0 Å². The number of hydrogen-bond donors (Lipinski definition) is 2. The molecule has 0 amide bonds. The molecule has 0 bridgehead atoms. The number of aryl methyl sites for hydroxylation is 1. The van der Waals surface area contributed by atoms with E-state index in [1.807, 2.05) is 48.2 Å². The molecule has 3 N–H and O–H groups in total. The lowest BCUT2D eigenvalue weighted by atomic mass is 10.1. The maximum Gasteiger partial charge on any atom is 0.139 e. The molecule has 148 valence electrons. The molecule has 0 radical (unpaired) electrons. The number of anilines is 2. The number of fused-ring (bicyclic) bond motifs is 1. The molecular weight excluding hydrogens is 376 g/mol. The summed E-state index contributed by atoms with van der Waals surface area (Å²) in [5.41, 5.74) is 12.4. The van der Waals surface area contributed by atoms with Crippen molar-refractivity contribution in [1.82, 2.24) is 29.1 Å². The average Bonchev–Trinajstić information content (AvgIpc) is 3.39. The van der Waals surface area contributed by atoms with Gasteiger partial charge in [-0.3, -0.25) is 9.08 Å². The third-order valence-electron chi connectivity index (χ3n) is 4.93. The molecule has 0 saturated carbocycles. The van der Waals surface area contributed by atoms with E-state index < -0.39 is 0 Å². The van der Waals surface area contributed by atoms with Gasteiger partial charge in [0.05, 0.1) is 23.8 Å². The van der Waals surface area contributed by atoms with Gasteiger partial charge in [-0.15, -0.1) is 0 Å². The molecule has 0 aliphatic heterocycles. The molecule has 0 saturated heterocycles. The molecule has 8 heteroatoms. The fourth-order valence-corrected chi connectivity index (χ4v) is 3.36. The van der Waals surface area contributed by atoms with Crippen LogP contribution < -0.4 is 11.1 Å². The lowest BCUT2D eigenvalue weighted by Crippen LogP contribution is -2.02. The van der Waals surface area contributed by atoms with Crippen LogP contribution in [0.2, 0.25) is 0 Å². The number of nitrogens with one attached hydrogen (secondary N) is 1. The number of hydrogen-bond acceptors (Lipinski definition) is 6. The number of benzene rings is 1. The summed E-state index contributed by atoms with van der Waals surface area (Å²) in [6, 6.07) is 14.0. The minimum atomic E-state index is 0.660. The highest BCUT2D eigenvalue weighted by molar-refractivity contribution is 5.65. The molecule has 5 aromatic rings. The van der Waals surface area contributed by atoms with E-state index in [9.17, 15) is 0 Å². The normalized spacial score (nSPS) is 11.1. The zero-order chi connectivity index (χ0) is 20.5. The summed E-state index contributed by atoms with van der Waals surface area (Å²) in [5.74, 6) is 0.752. The fraction of sp³-hybridized carbons (Fsp3) is 0.0909. The highest BCUT2D eigenvalue weighted by atomic mass is 15.2. The zero-order valence-corrected chi connectivity index (χ0v) is 16.4. The molecule has 4 aromatic heterocycles. The Morgan fingerprint density at radius 2 is 1.83 bits per heavy atom.